The summed E-state index contributed by atoms with van der Waals surface area (Å²) in [5.41, 5.74) is 5.05. The summed E-state index contributed by atoms with van der Waals surface area (Å²) in [4.78, 5) is 9.15. The quantitative estimate of drug-likeness (QED) is 0.382. The first-order valence-corrected chi connectivity index (χ1v) is 11.1. The molecule has 32 heavy (non-hydrogen) atoms. The van der Waals surface area contributed by atoms with Crippen molar-refractivity contribution in [3.8, 4) is 28.1 Å². The second-order valence-corrected chi connectivity index (χ2v) is 8.76. The molecule has 1 aliphatic rings. The van der Waals surface area contributed by atoms with Gasteiger partial charge in [-0.15, -0.1) is 0 Å². The van der Waals surface area contributed by atoms with Crippen LogP contribution < -0.4 is 4.74 Å². The van der Waals surface area contributed by atoms with Crippen LogP contribution in [0.15, 0.2) is 41.3 Å². The standard InChI is InChI=1S/C25H27FN4O2/c1-16-23(17(2)32-29-16)19-11-21-24(28-13-19)20(18-7-8-22(31-3)27-12-18)14-30(21)15-25(26)9-5-4-6-10-25/h7-8,11-14H,4-6,9-10,15H2,1-3H3. The van der Waals surface area contributed by atoms with Gasteiger partial charge in [0.05, 0.1) is 30.4 Å². The van der Waals surface area contributed by atoms with Crippen LogP contribution in [-0.2, 0) is 6.54 Å². The molecule has 4 heterocycles. The average Bonchev–Trinajstić information content (AvgIpc) is 3.33. The lowest BCUT2D eigenvalue weighted by molar-refractivity contribution is 0.0873. The van der Waals surface area contributed by atoms with Gasteiger partial charge in [-0.1, -0.05) is 24.4 Å². The number of halogens is 1. The lowest BCUT2D eigenvalue weighted by Gasteiger charge is -2.30. The number of nitrogens with zero attached hydrogens (tertiary/aromatic N) is 4. The third-order valence-corrected chi connectivity index (χ3v) is 6.50. The molecule has 7 heteroatoms. The van der Waals surface area contributed by atoms with Crippen LogP contribution in [0.25, 0.3) is 33.3 Å². The maximum atomic E-state index is 15.7. The van der Waals surface area contributed by atoms with Crippen LogP contribution in [0, 0.1) is 13.8 Å². The molecule has 0 radical (unpaired) electrons. The summed E-state index contributed by atoms with van der Waals surface area (Å²) >= 11 is 0. The summed E-state index contributed by atoms with van der Waals surface area (Å²) in [5, 5.41) is 4.08. The third-order valence-electron chi connectivity index (χ3n) is 6.50. The predicted molar refractivity (Wildman–Crippen MR) is 121 cm³/mol. The number of methoxy groups -OCH3 is 1. The van der Waals surface area contributed by atoms with Crippen molar-refractivity contribution in [2.75, 3.05) is 7.11 Å². The van der Waals surface area contributed by atoms with Crippen molar-refractivity contribution < 1.29 is 13.7 Å². The molecule has 1 aliphatic carbocycles. The molecule has 0 aromatic carbocycles. The molecule has 4 aromatic heterocycles. The van der Waals surface area contributed by atoms with Crippen molar-refractivity contribution in [2.24, 2.45) is 0 Å². The highest BCUT2D eigenvalue weighted by Gasteiger charge is 2.33. The van der Waals surface area contributed by atoms with Crippen molar-refractivity contribution in [1.82, 2.24) is 19.7 Å². The molecule has 0 amide bonds. The second-order valence-electron chi connectivity index (χ2n) is 8.76. The first-order chi connectivity index (χ1) is 15.5. The zero-order chi connectivity index (χ0) is 22.3. The third kappa shape index (κ3) is 3.66. The Bertz CT molecular complexity index is 1230. The topological polar surface area (TPSA) is 66.0 Å². The largest absolute Gasteiger partial charge is 0.481 e. The fourth-order valence-electron chi connectivity index (χ4n) is 4.85. The number of hydrogen-bond donors (Lipinski definition) is 0. The minimum Gasteiger partial charge on any atom is -0.481 e. The van der Waals surface area contributed by atoms with E-state index < -0.39 is 5.67 Å². The van der Waals surface area contributed by atoms with Crippen molar-refractivity contribution in [1.29, 1.82) is 0 Å². The molecule has 0 N–H and O–H groups in total. The Morgan fingerprint density at radius 3 is 2.53 bits per heavy atom. The minimum absolute atomic E-state index is 0.319. The Morgan fingerprint density at radius 2 is 1.88 bits per heavy atom. The van der Waals surface area contributed by atoms with Crippen LogP contribution in [0.2, 0.25) is 0 Å². The molecular formula is C25H27FN4O2. The van der Waals surface area contributed by atoms with Crippen molar-refractivity contribution in [3.05, 3.63) is 48.2 Å². The van der Waals surface area contributed by atoms with E-state index in [9.17, 15) is 0 Å². The number of alkyl halides is 1. The van der Waals surface area contributed by atoms with E-state index >= 15 is 4.39 Å². The molecule has 6 nitrogen and oxygen atoms in total. The normalized spacial score (nSPS) is 15.9. The van der Waals surface area contributed by atoms with Crippen LogP contribution in [0.4, 0.5) is 4.39 Å². The van der Waals surface area contributed by atoms with Gasteiger partial charge < -0.3 is 13.8 Å². The molecule has 0 atom stereocenters. The molecule has 4 aromatic rings. The van der Waals surface area contributed by atoms with E-state index in [4.69, 9.17) is 14.2 Å². The Labute approximate surface area is 186 Å². The molecule has 5 rings (SSSR count). The Morgan fingerprint density at radius 1 is 1.09 bits per heavy atom. The smallest absolute Gasteiger partial charge is 0.212 e. The van der Waals surface area contributed by atoms with Gasteiger partial charge in [0.1, 0.15) is 11.4 Å². The second kappa shape index (κ2) is 8.04. The van der Waals surface area contributed by atoms with Crippen LogP contribution in [0.3, 0.4) is 0 Å². The summed E-state index contributed by atoms with van der Waals surface area (Å²) < 4.78 is 28.3. The predicted octanol–water partition coefficient (Wildman–Crippen LogP) is 6.05. The van der Waals surface area contributed by atoms with Gasteiger partial charge in [-0.2, -0.15) is 0 Å². The first-order valence-electron chi connectivity index (χ1n) is 11.1. The molecule has 1 saturated carbocycles. The number of aryl methyl sites for hydroxylation is 2. The Hall–Kier alpha value is -3.22. The number of hydrogen-bond acceptors (Lipinski definition) is 5. The number of aromatic nitrogens is 4. The SMILES string of the molecule is COc1ccc(-c2cn(CC3(F)CCCCC3)c3cc(-c4c(C)noc4C)cnc23)cn1. The van der Waals surface area contributed by atoms with Crippen LogP contribution in [-0.4, -0.2) is 32.5 Å². The fraction of sp³-hybridized carbons (Fsp3) is 0.400. The molecule has 0 saturated heterocycles. The van der Waals surface area contributed by atoms with Gasteiger partial charge in [-0.3, -0.25) is 4.98 Å². The highest BCUT2D eigenvalue weighted by Crippen LogP contribution is 2.38. The Balaban J connectivity index is 1.65. The summed E-state index contributed by atoms with van der Waals surface area (Å²) in [6.07, 6.45) is 9.80. The van der Waals surface area contributed by atoms with Gasteiger partial charge in [0.15, 0.2) is 0 Å². The molecule has 166 valence electrons. The summed E-state index contributed by atoms with van der Waals surface area (Å²) in [5.74, 6) is 1.30. The molecule has 1 fully saturated rings. The maximum Gasteiger partial charge on any atom is 0.212 e. The first kappa shape index (κ1) is 20.7. The molecule has 0 spiro atoms. The van der Waals surface area contributed by atoms with Crippen LogP contribution in [0.5, 0.6) is 5.88 Å². The highest BCUT2D eigenvalue weighted by atomic mass is 19.1. The number of pyridine rings is 2. The summed E-state index contributed by atoms with van der Waals surface area (Å²) in [6, 6.07) is 5.86. The van der Waals surface area contributed by atoms with Gasteiger partial charge in [-0.25, -0.2) is 9.37 Å². The average molecular weight is 435 g/mol. The number of rotatable bonds is 5. The molecular weight excluding hydrogens is 407 g/mol. The van der Waals surface area contributed by atoms with Crippen molar-refractivity contribution in [3.63, 3.8) is 0 Å². The fourth-order valence-corrected chi connectivity index (χ4v) is 4.85. The molecule has 0 bridgehead atoms. The lowest BCUT2D eigenvalue weighted by atomic mass is 9.86. The molecule has 0 unspecified atom stereocenters. The van der Waals surface area contributed by atoms with E-state index in [1.54, 1.807) is 13.3 Å². The maximum absolute atomic E-state index is 15.7. The van der Waals surface area contributed by atoms with Gasteiger partial charge in [0, 0.05) is 46.9 Å². The van der Waals surface area contributed by atoms with Crippen molar-refractivity contribution in [2.45, 2.75) is 58.2 Å². The van der Waals surface area contributed by atoms with Gasteiger partial charge in [0.2, 0.25) is 5.88 Å². The highest BCUT2D eigenvalue weighted by molar-refractivity contribution is 5.95. The van der Waals surface area contributed by atoms with E-state index in [1.807, 2.05) is 42.9 Å². The van der Waals surface area contributed by atoms with Gasteiger partial charge in [-0.05, 0) is 38.8 Å². The van der Waals surface area contributed by atoms with Gasteiger partial charge >= 0.3 is 0 Å². The lowest BCUT2D eigenvalue weighted by Crippen LogP contribution is -2.31. The van der Waals surface area contributed by atoms with Gasteiger partial charge in [0.25, 0.3) is 0 Å². The van der Waals surface area contributed by atoms with Crippen molar-refractivity contribution >= 4 is 11.0 Å². The molecule has 0 aliphatic heterocycles. The van der Waals surface area contributed by atoms with E-state index in [1.165, 1.54) is 0 Å². The van der Waals surface area contributed by atoms with Crippen LogP contribution >= 0.6 is 0 Å². The Kier molecular flexibility index (Phi) is 5.19. The minimum atomic E-state index is -1.20. The van der Waals surface area contributed by atoms with Crippen LogP contribution in [0.1, 0.15) is 43.6 Å². The van der Waals surface area contributed by atoms with E-state index in [0.29, 0.717) is 25.3 Å². The summed E-state index contributed by atoms with van der Waals surface area (Å²) in [6.45, 7) is 4.13. The van der Waals surface area contributed by atoms with E-state index in [-0.39, 0.29) is 0 Å². The monoisotopic (exact) mass is 434 g/mol. The van der Waals surface area contributed by atoms with E-state index in [0.717, 1.165) is 64.0 Å². The number of ether oxygens (including phenoxy) is 1. The number of fused-ring (bicyclic) bond motifs is 1. The van der Waals surface area contributed by atoms with E-state index in [2.05, 4.69) is 16.2 Å². The zero-order valence-electron chi connectivity index (χ0n) is 18.7. The summed E-state index contributed by atoms with van der Waals surface area (Å²) in [7, 11) is 1.59. The zero-order valence-corrected chi connectivity index (χ0v) is 18.7.